The van der Waals surface area contributed by atoms with Crippen LogP contribution in [0, 0.1) is 5.92 Å². The van der Waals surface area contributed by atoms with Gasteiger partial charge in [-0.1, -0.05) is 13.8 Å². The summed E-state index contributed by atoms with van der Waals surface area (Å²) in [4.78, 5) is 12.4. The lowest BCUT2D eigenvalue weighted by atomic mass is 9.91. The first kappa shape index (κ1) is 18.6. The van der Waals surface area contributed by atoms with E-state index in [1.165, 1.54) is 0 Å². The van der Waals surface area contributed by atoms with Crippen molar-refractivity contribution in [1.29, 1.82) is 0 Å². The van der Waals surface area contributed by atoms with E-state index in [9.17, 15) is 4.79 Å². The molecular formula is C19H30N2O3. The van der Waals surface area contributed by atoms with Gasteiger partial charge in [0.15, 0.2) is 11.5 Å². The Balaban J connectivity index is 1.96. The first-order valence-electron chi connectivity index (χ1n) is 8.87. The van der Waals surface area contributed by atoms with Gasteiger partial charge in [0.2, 0.25) is 0 Å². The maximum atomic E-state index is 12.4. The second-order valence-electron chi connectivity index (χ2n) is 6.98. The number of rotatable bonds is 7. The van der Waals surface area contributed by atoms with Crippen LogP contribution in [-0.2, 0) is 0 Å². The van der Waals surface area contributed by atoms with Crippen molar-refractivity contribution in [3.63, 3.8) is 0 Å². The minimum absolute atomic E-state index is 0.0671. The standard InChI is InChI=1S/C19H30N2O3/c1-13(2)10-11-24-17-9-4-14(12-18(17)23-3)19(22)21-16-7-5-15(20)6-8-16/h4,9,12-13,15-16H,5-8,10-11,20H2,1-3H3,(H,21,22). The zero-order chi connectivity index (χ0) is 17.5. The van der Waals surface area contributed by atoms with Crippen LogP contribution < -0.4 is 20.5 Å². The van der Waals surface area contributed by atoms with E-state index in [0.29, 0.717) is 29.6 Å². The summed E-state index contributed by atoms with van der Waals surface area (Å²) in [6.07, 6.45) is 4.81. The molecule has 1 aromatic rings. The predicted molar refractivity (Wildman–Crippen MR) is 95.6 cm³/mol. The van der Waals surface area contributed by atoms with Crippen LogP contribution in [0.15, 0.2) is 18.2 Å². The van der Waals surface area contributed by atoms with E-state index < -0.39 is 0 Å². The fourth-order valence-electron chi connectivity index (χ4n) is 2.86. The van der Waals surface area contributed by atoms with E-state index in [1.54, 1.807) is 19.2 Å². The van der Waals surface area contributed by atoms with Crippen LogP contribution in [-0.4, -0.2) is 31.7 Å². The van der Waals surface area contributed by atoms with Crippen molar-refractivity contribution in [3.8, 4) is 11.5 Å². The molecule has 0 aromatic heterocycles. The molecule has 1 aliphatic rings. The minimum Gasteiger partial charge on any atom is -0.493 e. The second-order valence-corrected chi connectivity index (χ2v) is 6.98. The van der Waals surface area contributed by atoms with E-state index in [4.69, 9.17) is 15.2 Å². The average Bonchev–Trinajstić information content (AvgIpc) is 2.56. The van der Waals surface area contributed by atoms with Gasteiger partial charge < -0.3 is 20.5 Å². The van der Waals surface area contributed by atoms with Gasteiger partial charge in [-0.3, -0.25) is 4.79 Å². The SMILES string of the molecule is COc1cc(C(=O)NC2CCC(N)CC2)ccc1OCCC(C)C. The molecule has 0 bridgehead atoms. The molecule has 5 nitrogen and oxygen atoms in total. The molecule has 1 amide bonds. The number of hydrogen-bond donors (Lipinski definition) is 2. The van der Waals surface area contributed by atoms with Gasteiger partial charge >= 0.3 is 0 Å². The van der Waals surface area contributed by atoms with Crippen molar-refractivity contribution in [2.75, 3.05) is 13.7 Å². The molecule has 5 heteroatoms. The topological polar surface area (TPSA) is 73.6 Å². The first-order valence-corrected chi connectivity index (χ1v) is 8.87. The molecule has 24 heavy (non-hydrogen) atoms. The summed E-state index contributed by atoms with van der Waals surface area (Å²) in [5.41, 5.74) is 6.50. The molecule has 0 saturated heterocycles. The van der Waals surface area contributed by atoms with Crippen LogP contribution in [0.2, 0.25) is 0 Å². The number of benzene rings is 1. The highest BCUT2D eigenvalue weighted by molar-refractivity contribution is 5.95. The smallest absolute Gasteiger partial charge is 0.251 e. The van der Waals surface area contributed by atoms with Crippen molar-refractivity contribution in [3.05, 3.63) is 23.8 Å². The molecule has 0 heterocycles. The van der Waals surface area contributed by atoms with E-state index >= 15 is 0 Å². The molecular weight excluding hydrogens is 304 g/mol. The lowest BCUT2D eigenvalue weighted by Gasteiger charge is -2.26. The van der Waals surface area contributed by atoms with Gasteiger partial charge in [-0.2, -0.15) is 0 Å². The summed E-state index contributed by atoms with van der Waals surface area (Å²) in [5, 5.41) is 3.09. The highest BCUT2D eigenvalue weighted by Crippen LogP contribution is 2.28. The van der Waals surface area contributed by atoms with E-state index in [0.717, 1.165) is 32.1 Å². The maximum Gasteiger partial charge on any atom is 0.251 e. The summed E-state index contributed by atoms with van der Waals surface area (Å²) in [6.45, 7) is 4.96. The van der Waals surface area contributed by atoms with Gasteiger partial charge in [0.1, 0.15) is 0 Å². The monoisotopic (exact) mass is 334 g/mol. The lowest BCUT2D eigenvalue weighted by Crippen LogP contribution is -2.40. The van der Waals surface area contributed by atoms with Gasteiger partial charge in [-0.05, 0) is 56.2 Å². The number of ether oxygens (including phenoxy) is 2. The molecule has 0 aliphatic heterocycles. The van der Waals surface area contributed by atoms with Gasteiger partial charge in [0.25, 0.3) is 5.91 Å². The first-order chi connectivity index (χ1) is 11.5. The summed E-state index contributed by atoms with van der Waals surface area (Å²) >= 11 is 0. The van der Waals surface area contributed by atoms with Crippen molar-refractivity contribution >= 4 is 5.91 Å². The molecule has 134 valence electrons. The number of nitrogens with one attached hydrogen (secondary N) is 1. The number of amides is 1. The molecule has 1 saturated carbocycles. The molecule has 0 unspecified atom stereocenters. The average molecular weight is 334 g/mol. The molecule has 3 N–H and O–H groups in total. The van der Waals surface area contributed by atoms with Gasteiger partial charge in [-0.15, -0.1) is 0 Å². The van der Waals surface area contributed by atoms with Crippen molar-refractivity contribution < 1.29 is 14.3 Å². The Hall–Kier alpha value is -1.75. The Bertz CT molecular complexity index is 537. The Morgan fingerprint density at radius 2 is 1.96 bits per heavy atom. The third-order valence-corrected chi connectivity index (χ3v) is 4.49. The maximum absolute atomic E-state index is 12.4. The van der Waals surface area contributed by atoms with Crippen LogP contribution in [0.25, 0.3) is 0 Å². The molecule has 1 aliphatic carbocycles. The number of nitrogens with two attached hydrogens (primary N) is 1. The predicted octanol–water partition coefficient (Wildman–Crippen LogP) is 3.12. The van der Waals surface area contributed by atoms with E-state index in [-0.39, 0.29) is 18.0 Å². The number of carbonyl (C=O) groups excluding carboxylic acids is 1. The summed E-state index contributed by atoms with van der Waals surface area (Å²) in [5.74, 6) is 1.79. The zero-order valence-electron chi connectivity index (χ0n) is 15.0. The Morgan fingerprint density at radius 1 is 1.25 bits per heavy atom. The Morgan fingerprint density at radius 3 is 2.58 bits per heavy atom. The molecule has 1 fully saturated rings. The molecule has 0 spiro atoms. The summed E-state index contributed by atoms with van der Waals surface area (Å²) in [7, 11) is 1.59. The lowest BCUT2D eigenvalue weighted by molar-refractivity contribution is 0.0925. The fourth-order valence-corrected chi connectivity index (χ4v) is 2.86. The quantitative estimate of drug-likeness (QED) is 0.803. The fraction of sp³-hybridized carbons (Fsp3) is 0.632. The van der Waals surface area contributed by atoms with Crippen LogP contribution in [0.3, 0.4) is 0 Å². The highest BCUT2D eigenvalue weighted by Gasteiger charge is 2.21. The van der Waals surface area contributed by atoms with Crippen molar-refractivity contribution in [2.24, 2.45) is 11.7 Å². The van der Waals surface area contributed by atoms with E-state index in [2.05, 4.69) is 19.2 Å². The number of carbonyl (C=O) groups is 1. The molecule has 0 atom stereocenters. The van der Waals surface area contributed by atoms with Crippen LogP contribution >= 0.6 is 0 Å². The highest BCUT2D eigenvalue weighted by atomic mass is 16.5. The Kier molecular flexibility index (Phi) is 6.91. The second kappa shape index (κ2) is 8.92. The molecule has 2 rings (SSSR count). The normalized spacial score (nSPS) is 20.7. The number of hydrogen-bond acceptors (Lipinski definition) is 4. The molecule has 1 aromatic carbocycles. The van der Waals surface area contributed by atoms with Crippen LogP contribution in [0.5, 0.6) is 11.5 Å². The van der Waals surface area contributed by atoms with Crippen molar-refractivity contribution in [1.82, 2.24) is 5.32 Å². The number of methoxy groups -OCH3 is 1. The third-order valence-electron chi connectivity index (χ3n) is 4.49. The summed E-state index contributed by atoms with van der Waals surface area (Å²) in [6, 6.07) is 5.84. The minimum atomic E-state index is -0.0671. The molecule has 0 radical (unpaired) electrons. The third kappa shape index (κ3) is 5.41. The Labute approximate surface area is 144 Å². The zero-order valence-corrected chi connectivity index (χ0v) is 15.0. The van der Waals surface area contributed by atoms with Gasteiger partial charge in [0, 0.05) is 17.6 Å². The van der Waals surface area contributed by atoms with E-state index in [1.807, 2.05) is 6.07 Å². The van der Waals surface area contributed by atoms with Crippen molar-refractivity contribution in [2.45, 2.75) is 58.0 Å². The van der Waals surface area contributed by atoms with Gasteiger partial charge in [-0.25, -0.2) is 0 Å². The van der Waals surface area contributed by atoms with Crippen LogP contribution in [0.1, 0.15) is 56.3 Å². The largest absolute Gasteiger partial charge is 0.493 e. The van der Waals surface area contributed by atoms with Crippen LogP contribution in [0.4, 0.5) is 0 Å². The van der Waals surface area contributed by atoms with Gasteiger partial charge in [0.05, 0.1) is 13.7 Å². The summed E-state index contributed by atoms with van der Waals surface area (Å²) < 4.78 is 11.1.